The number of phosphoric ester groups is 1. The summed E-state index contributed by atoms with van der Waals surface area (Å²) in [5.41, 5.74) is 4.40. The molecule has 41 heavy (non-hydrogen) atoms. The largest absolute Gasteiger partial charge is 0.550 e. The molecule has 0 aliphatic heterocycles. The van der Waals surface area contributed by atoms with Gasteiger partial charge in [-0.25, -0.2) is 4.57 Å². The molecule has 3 aromatic rings. The topological polar surface area (TPSA) is 96.2 Å². The number of aryl methyl sites for hydroxylation is 2. The van der Waals surface area contributed by atoms with Crippen LogP contribution in [0.1, 0.15) is 86.6 Å². The summed E-state index contributed by atoms with van der Waals surface area (Å²) in [4.78, 5) is 27.5. The van der Waals surface area contributed by atoms with Gasteiger partial charge in [0.15, 0.2) is 11.6 Å². The molecule has 2 unspecified atom stereocenters. The third kappa shape index (κ3) is 5.61. The molecule has 9 heteroatoms. The number of hydrogen-bond acceptors (Lipinski definition) is 7. The van der Waals surface area contributed by atoms with Crippen molar-refractivity contribution in [3.05, 3.63) is 76.5 Å². The molecule has 1 aliphatic carbocycles. The number of carbonyl (C=O) groups excluding carboxylic acids is 2. The molecule has 0 amide bonds. The molecule has 218 valence electrons. The van der Waals surface area contributed by atoms with Crippen molar-refractivity contribution in [1.29, 1.82) is 0 Å². The molecular weight excluding hydrogens is 539 g/mol. The molecule has 1 heterocycles. The average molecular weight is 579 g/mol. The van der Waals surface area contributed by atoms with Crippen molar-refractivity contribution in [2.45, 2.75) is 67.3 Å². The summed E-state index contributed by atoms with van der Waals surface area (Å²) < 4.78 is 30.6. The monoisotopic (exact) mass is 578 g/mol. The molecule has 0 saturated carbocycles. The summed E-state index contributed by atoms with van der Waals surface area (Å²) >= 11 is 0. The van der Waals surface area contributed by atoms with Crippen LogP contribution >= 0.6 is 7.82 Å². The van der Waals surface area contributed by atoms with Gasteiger partial charge in [-0.3, -0.25) is 23.3 Å². The predicted octanol–water partition coefficient (Wildman–Crippen LogP) is 7.87. The van der Waals surface area contributed by atoms with E-state index in [0.29, 0.717) is 11.1 Å². The molecule has 1 aliphatic rings. The number of Topliss-reactive ketones (excluding diaryl/α,β-unsaturated/α-hetero) is 1. The Kier molecular flexibility index (Phi) is 9.17. The Balaban J connectivity index is 1.77. The lowest BCUT2D eigenvalue weighted by Crippen LogP contribution is -2.38. The van der Waals surface area contributed by atoms with Crippen LogP contribution in [0.15, 0.2) is 53.7 Å². The Labute approximate surface area is 242 Å². The number of aromatic nitrogens is 1. The zero-order valence-corrected chi connectivity index (χ0v) is 25.8. The summed E-state index contributed by atoms with van der Waals surface area (Å²) in [6, 6.07) is 13.4. The third-order valence-electron chi connectivity index (χ3n) is 7.94. The number of hydrogen-bond donors (Lipinski definition) is 0. The molecule has 0 N–H and O–H groups in total. The first-order valence-corrected chi connectivity index (χ1v) is 15.7. The van der Waals surface area contributed by atoms with Gasteiger partial charge < -0.3 is 4.57 Å². The summed E-state index contributed by atoms with van der Waals surface area (Å²) in [7, 11) is -3.93. The lowest BCUT2D eigenvalue weighted by Gasteiger charge is -2.35. The number of rotatable bonds is 12. The summed E-state index contributed by atoms with van der Waals surface area (Å²) in [6.07, 6.45) is 4.17. The van der Waals surface area contributed by atoms with Crippen LogP contribution in [0, 0.1) is 12.3 Å². The number of allylic oxidation sites excluding steroid dienone is 1. The minimum Gasteiger partial charge on any atom is -0.341 e. The van der Waals surface area contributed by atoms with Crippen LogP contribution in [0.4, 0.5) is 0 Å². The highest BCUT2D eigenvalue weighted by atomic mass is 31.2. The van der Waals surface area contributed by atoms with E-state index in [-0.39, 0.29) is 42.8 Å². The first-order chi connectivity index (χ1) is 19.5. The fourth-order valence-corrected chi connectivity index (χ4v) is 6.55. The fourth-order valence-electron chi connectivity index (χ4n) is 5.55. The van der Waals surface area contributed by atoms with Gasteiger partial charge in [-0.2, -0.15) is 0 Å². The number of nitrogens with zero attached hydrogens (tertiary/aromatic N) is 2. The highest BCUT2D eigenvalue weighted by Gasteiger charge is 2.44. The van der Waals surface area contributed by atoms with Crippen LogP contribution in [-0.2, 0) is 29.6 Å². The van der Waals surface area contributed by atoms with Crippen molar-refractivity contribution in [3.8, 4) is 0 Å². The predicted molar refractivity (Wildman–Crippen MR) is 162 cm³/mol. The Morgan fingerprint density at radius 1 is 1.05 bits per heavy atom. The maximum Gasteiger partial charge on any atom is 0.550 e. The molecule has 0 bridgehead atoms. The van der Waals surface area contributed by atoms with E-state index in [2.05, 4.69) is 16.6 Å². The van der Waals surface area contributed by atoms with Crippen molar-refractivity contribution < 1.29 is 27.8 Å². The van der Waals surface area contributed by atoms with Crippen LogP contribution in [0.5, 0.6) is 0 Å². The lowest BCUT2D eigenvalue weighted by atomic mass is 9.67. The van der Waals surface area contributed by atoms with Crippen LogP contribution in [0.3, 0.4) is 0 Å². The molecule has 0 radical (unpaired) electrons. The molecule has 0 spiro atoms. The van der Waals surface area contributed by atoms with Gasteiger partial charge in [-0.05, 0) is 82.4 Å². The van der Waals surface area contributed by atoms with E-state index in [9.17, 15) is 14.2 Å². The quantitative estimate of drug-likeness (QED) is 0.0939. The number of benzene rings is 2. The Bertz CT molecular complexity index is 1580. The van der Waals surface area contributed by atoms with Crippen LogP contribution in [0.2, 0.25) is 0 Å². The van der Waals surface area contributed by atoms with Gasteiger partial charge >= 0.3 is 7.82 Å². The fraction of sp³-hybridized carbons (Fsp3) is 0.406. The van der Waals surface area contributed by atoms with E-state index < -0.39 is 13.2 Å². The normalized spacial score (nSPS) is 18.9. The highest BCUT2D eigenvalue weighted by Crippen LogP contribution is 2.51. The summed E-state index contributed by atoms with van der Waals surface area (Å²) in [5, 5.41) is 4.94. The van der Waals surface area contributed by atoms with Gasteiger partial charge in [0.1, 0.15) is 5.71 Å². The molecule has 4 rings (SSSR count). The van der Waals surface area contributed by atoms with Crippen molar-refractivity contribution in [1.82, 2.24) is 4.57 Å². The first-order valence-electron chi connectivity index (χ1n) is 14.2. The Hall–Kier alpha value is -3.32. The van der Waals surface area contributed by atoms with E-state index in [4.69, 9.17) is 13.7 Å². The van der Waals surface area contributed by atoms with Gasteiger partial charge in [0.05, 0.1) is 18.6 Å². The van der Waals surface area contributed by atoms with Crippen LogP contribution < -0.4 is 0 Å². The molecule has 1 aromatic heterocycles. The Morgan fingerprint density at radius 2 is 1.73 bits per heavy atom. The van der Waals surface area contributed by atoms with Crippen molar-refractivity contribution in [2.24, 2.45) is 10.6 Å². The number of oxime groups is 1. The molecule has 2 atom stereocenters. The van der Waals surface area contributed by atoms with Crippen molar-refractivity contribution >= 4 is 42.1 Å². The molecular formula is C32H39N2O6P. The van der Waals surface area contributed by atoms with Gasteiger partial charge in [0.2, 0.25) is 0 Å². The number of fused-ring (bicyclic) bond motifs is 3. The maximum atomic E-state index is 14.0. The van der Waals surface area contributed by atoms with Crippen LogP contribution in [-0.4, -0.2) is 35.1 Å². The van der Waals surface area contributed by atoms with Gasteiger partial charge in [0.25, 0.3) is 0 Å². The molecule has 0 fully saturated rings. The molecule has 8 nitrogen and oxygen atoms in total. The van der Waals surface area contributed by atoms with Crippen LogP contribution in [0.25, 0.3) is 17.0 Å². The zero-order chi connectivity index (χ0) is 29.9. The number of phosphoric acid groups is 1. The van der Waals surface area contributed by atoms with Gasteiger partial charge in [-0.15, -0.1) is 0 Å². The van der Waals surface area contributed by atoms with Gasteiger partial charge in [0, 0.05) is 34.3 Å². The van der Waals surface area contributed by atoms with E-state index in [1.807, 2.05) is 75.4 Å². The highest BCUT2D eigenvalue weighted by molar-refractivity contribution is 7.48. The van der Waals surface area contributed by atoms with E-state index in [0.717, 1.165) is 34.3 Å². The second kappa shape index (κ2) is 12.3. The standard InChI is InChI=1S/C32H39N2O6P/c1-8-26(33-40-41(37,38-10-3)39-11-4)31(36)32(7)19-18-28-29(22(32)6)25-20-23(16-17-27(25)34(28)9-2)30(35)24-15-13-12-14-21(24)5/h12-20,22H,8-11H2,1-7H3/b33-26+. The van der Waals surface area contributed by atoms with Gasteiger partial charge in [-0.1, -0.05) is 49.3 Å². The van der Waals surface area contributed by atoms with E-state index in [1.54, 1.807) is 20.8 Å². The van der Waals surface area contributed by atoms with E-state index >= 15 is 0 Å². The second-order valence-electron chi connectivity index (χ2n) is 10.3. The molecule has 2 aromatic carbocycles. The Morgan fingerprint density at radius 3 is 2.34 bits per heavy atom. The SMILES string of the molecule is CCOP(=O)(OCC)O/N=C(\CC)C(=O)C1(C)C=Cc2c(c3cc(C(=O)c4ccccc4C)ccc3n2CC)C1C. The number of ketones is 2. The lowest BCUT2D eigenvalue weighted by molar-refractivity contribution is -0.120. The number of carbonyl (C=O) groups is 2. The smallest absolute Gasteiger partial charge is 0.341 e. The maximum absolute atomic E-state index is 14.0. The molecule has 0 saturated heterocycles. The minimum absolute atomic E-state index is 0.0357. The summed E-state index contributed by atoms with van der Waals surface area (Å²) in [6.45, 7) is 14.0. The van der Waals surface area contributed by atoms with E-state index in [1.165, 1.54) is 0 Å². The average Bonchev–Trinajstić information content (AvgIpc) is 3.28. The van der Waals surface area contributed by atoms with Crippen molar-refractivity contribution in [3.63, 3.8) is 0 Å². The minimum atomic E-state index is -3.93. The zero-order valence-electron chi connectivity index (χ0n) is 24.9. The second-order valence-corrected chi connectivity index (χ2v) is 11.9. The first kappa shape index (κ1) is 30.6. The van der Waals surface area contributed by atoms with Crippen molar-refractivity contribution in [2.75, 3.05) is 13.2 Å². The third-order valence-corrected chi connectivity index (χ3v) is 9.37. The summed E-state index contributed by atoms with van der Waals surface area (Å²) in [5.74, 6) is -0.527.